The number of aromatic nitrogens is 1. The molecule has 4 heteroatoms. The first kappa shape index (κ1) is 10.2. The molecular weight excluding hydrogens is 261 g/mol. The van der Waals surface area contributed by atoms with Crippen molar-refractivity contribution in [1.82, 2.24) is 4.98 Å². The number of rotatable bonds is 2. The van der Waals surface area contributed by atoms with Gasteiger partial charge in [0.15, 0.2) is 5.78 Å². The number of hydrogen-bond acceptors (Lipinski definition) is 2. The van der Waals surface area contributed by atoms with Gasteiger partial charge in [-0.25, -0.2) is 4.39 Å². The molecule has 0 spiro atoms. The number of alkyl halides is 1. The van der Waals surface area contributed by atoms with E-state index in [1.807, 2.05) is 0 Å². The molecule has 0 amide bonds. The van der Waals surface area contributed by atoms with Crippen LogP contribution in [0.1, 0.15) is 10.4 Å². The second-order valence-electron chi connectivity index (χ2n) is 3.08. The van der Waals surface area contributed by atoms with Gasteiger partial charge in [0.25, 0.3) is 0 Å². The molecule has 0 radical (unpaired) electrons. The van der Waals surface area contributed by atoms with Crippen LogP contribution in [0.2, 0.25) is 0 Å². The average molecular weight is 268 g/mol. The highest BCUT2D eigenvalue weighted by atomic mass is 79.9. The lowest BCUT2D eigenvalue weighted by Gasteiger charge is -2.02. The zero-order valence-electron chi connectivity index (χ0n) is 7.71. The Morgan fingerprint density at radius 1 is 1.40 bits per heavy atom. The maximum absolute atomic E-state index is 13.0. The summed E-state index contributed by atoms with van der Waals surface area (Å²) < 4.78 is 13.0. The van der Waals surface area contributed by atoms with Gasteiger partial charge in [-0.05, 0) is 24.3 Å². The molecule has 0 aliphatic heterocycles. The fourth-order valence-corrected chi connectivity index (χ4v) is 1.74. The van der Waals surface area contributed by atoms with Crippen LogP contribution in [0.15, 0.2) is 30.5 Å². The lowest BCUT2D eigenvalue weighted by molar-refractivity contribution is 0.102. The van der Waals surface area contributed by atoms with Gasteiger partial charge in [0.05, 0.1) is 10.8 Å². The Morgan fingerprint density at radius 3 is 2.93 bits per heavy atom. The van der Waals surface area contributed by atoms with Crippen LogP contribution in [-0.4, -0.2) is 16.1 Å². The summed E-state index contributed by atoms with van der Waals surface area (Å²) in [6.45, 7) is 0. The summed E-state index contributed by atoms with van der Waals surface area (Å²) in [5, 5.41) is 0.782. The van der Waals surface area contributed by atoms with Crippen LogP contribution in [0.3, 0.4) is 0 Å². The minimum absolute atomic E-state index is 0.0759. The number of Topliss-reactive ketones (excluding diaryl/α,β-unsaturated/α-hetero) is 1. The Hall–Kier alpha value is -1.29. The molecule has 0 unspecified atom stereocenters. The maximum atomic E-state index is 13.0. The molecule has 15 heavy (non-hydrogen) atoms. The van der Waals surface area contributed by atoms with E-state index in [4.69, 9.17) is 0 Å². The number of hydrogen-bond donors (Lipinski definition) is 0. The SMILES string of the molecule is O=C(CBr)c1ccnc2ccc(F)cc12. The fourth-order valence-electron chi connectivity index (χ4n) is 1.43. The summed E-state index contributed by atoms with van der Waals surface area (Å²) in [5.41, 5.74) is 1.12. The van der Waals surface area contributed by atoms with E-state index in [1.54, 1.807) is 18.3 Å². The number of ketones is 1. The van der Waals surface area contributed by atoms with Crippen molar-refractivity contribution < 1.29 is 9.18 Å². The lowest BCUT2D eigenvalue weighted by atomic mass is 10.1. The zero-order valence-corrected chi connectivity index (χ0v) is 9.29. The predicted octanol–water partition coefficient (Wildman–Crippen LogP) is 2.95. The molecule has 2 aromatic rings. The molecule has 0 bridgehead atoms. The van der Waals surface area contributed by atoms with E-state index in [0.717, 1.165) is 0 Å². The zero-order chi connectivity index (χ0) is 10.8. The highest BCUT2D eigenvalue weighted by Gasteiger charge is 2.09. The van der Waals surface area contributed by atoms with Gasteiger partial charge in [-0.1, -0.05) is 15.9 Å². The predicted molar refractivity (Wildman–Crippen MR) is 59.8 cm³/mol. The van der Waals surface area contributed by atoms with Crippen LogP contribution in [0.5, 0.6) is 0 Å². The standard InChI is InChI=1S/C11H7BrFNO/c12-6-11(15)8-3-4-14-10-2-1-7(13)5-9(8)10/h1-5H,6H2. The number of nitrogens with zero attached hydrogens (tertiary/aromatic N) is 1. The number of benzene rings is 1. The maximum Gasteiger partial charge on any atom is 0.174 e. The third kappa shape index (κ3) is 1.90. The molecule has 1 aromatic carbocycles. The van der Waals surface area contributed by atoms with Gasteiger partial charge in [0.2, 0.25) is 0 Å². The summed E-state index contributed by atoms with van der Waals surface area (Å²) in [6.07, 6.45) is 1.55. The molecule has 2 nitrogen and oxygen atoms in total. The summed E-state index contributed by atoms with van der Waals surface area (Å²) in [5.74, 6) is -0.438. The Balaban J connectivity index is 2.74. The number of pyridine rings is 1. The minimum Gasteiger partial charge on any atom is -0.293 e. The van der Waals surface area contributed by atoms with Gasteiger partial charge in [0, 0.05) is 17.1 Å². The van der Waals surface area contributed by atoms with Crippen LogP contribution in [0.4, 0.5) is 4.39 Å². The van der Waals surface area contributed by atoms with E-state index < -0.39 is 0 Å². The van der Waals surface area contributed by atoms with Gasteiger partial charge in [-0.3, -0.25) is 9.78 Å². The summed E-state index contributed by atoms with van der Waals surface area (Å²) in [4.78, 5) is 15.6. The number of fused-ring (bicyclic) bond motifs is 1. The Kier molecular flexibility index (Phi) is 2.77. The van der Waals surface area contributed by atoms with Crippen molar-refractivity contribution in [2.75, 3.05) is 5.33 Å². The summed E-state index contributed by atoms with van der Waals surface area (Å²) >= 11 is 3.09. The molecule has 0 N–H and O–H groups in total. The second-order valence-corrected chi connectivity index (χ2v) is 3.64. The van der Waals surface area contributed by atoms with E-state index in [1.165, 1.54) is 12.1 Å². The molecule has 0 saturated carbocycles. The Labute approximate surface area is 94.3 Å². The molecule has 1 aromatic heterocycles. The minimum atomic E-state index is -0.362. The molecule has 76 valence electrons. The topological polar surface area (TPSA) is 30.0 Å². The first-order chi connectivity index (χ1) is 7.22. The number of carbonyl (C=O) groups excluding carboxylic acids is 1. The molecule has 0 aliphatic rings. The lowest BCUT2D eigenvalue weighted by Crippen LogP contribution is -2.01. The second kappa shape index (κ2) is 4.06. The summed E-state index contributed by atoms with van der Waals surface area (Å²) in [6, 6.07) is 5.83. The van der Waals surface area contributed by atoms with E-state index in [2.05, 4.69) is 20.9 Å². The molecule has 2 rings (SSSR count). The van der Waals surface area contributed by atoms with Crippen molar-refractivity contribution in [3.63, 3.8) is 0 Å². The Morgan fingerprint density at radius 2 is 2.20 bits per heavy atom. The van der Waals surface area contributed by atoms with Crippen LogP contribution in [0.25, 0.3) is 10.9 Å². The molecular formula is C11H7BrFNO. The highest BCUT2D eigenvalue weighted by molar-refractivity contribution is 9.09. The molecule has 0 aliphatic carbocycles. The first-order valence-corrected chi connectivity index (χ1v) is 5.48. The first-order valence-electron chi connectivity index (χ1n) is 4.36. The van der Waals surface area contributed by atoms with Gasteiger partial charge >= 0.3 is 0 Å². The molecule has 1 heterocycles. The third-order valence-corrected chi connectivity index (χ3v) is 2.63. The summed E-state index contributed by atoms with van der Waals surface area (Å²) in [7, 11) is 0. The molecule has 0 fully saturated rings. The van der Waals surface area contributed by atoms with Crippen molar-refractivity contribution in [2.45, 2.75) is 0 Å². The largest absolute Gasteiger partial charge is 0.293 e. The highest BCUT2D eigenvalue weighted by Crippen LogP contribution is 2.18. The van der Waals surface area contributed by atoms with Crippen molar-refractivity contribution in [3.8, 4) is 0 Å². The van der Waals surface area contributed by atoms with E-state index in [9.17, 15) is 9.18 Å². The van der Waals surface area contributed by atoms with Gasteiger partial charge in [-0.2, -0.15) is 0 Å². The number of carbonyl (C=O) groups is 1. The van der Waals surface area contributed by atoms with Gasteiger partial charge < -0.3 is 0 Å². The van der Waals surface area contributed by atoms with Crippen molar-refractivity contribution in [1.29, 1.82) is 0 Å². The number of halogens is 2. The monoisotopic (exact) mass is 267 g/mol. The van der Waals surface area contributed by atoms with Crippen LogP contribution < -0.4 is 0 Å². The fraction of sp³-hybridized carbons (Fsp3) is 0.0909. The van der Waals surface area contributed by atoms with Crippen molar-refractivity contribution in [2.24, 2.45) is 0 Å². The van der Waals surface area contributed by atoms with Gasteiger partial charge in [0.1, 0.15) is 5.82 Å². The van der Waals surface area contributed by atoms with E-state index in [0.29, 0.717) is 16.5 Å². The molecule has 0 saturated heterocycles. The normalized spacial score (nSPS) is 10.5. The van der Waals surface area contributed by atoms with Gasteiger partial charge in [-0.15, -0.1) is 0 Å². The quantitative estimate of drug-likeness (QED) is 0.619. The third-order valence-electron chi connectivity index (χ3n) is 2.13. The van der Waals surface area contributed by atoms with E-state index in [-0.39, 0.29) is 16.9 Å². The van der Waals surface area contributed by atoms with Crippen LogP contribution >= 0.6 is 15.9 Å². The molecule has 0 atom stereocenters. The van der Waals surface area contributed by atoms with Crippen molar-refractivity contribution >= 4 is 32.6 Å². The average Bonchev–Trinajstić information content (AvgIpc) is 2.27. The van der Waals surface area contributed by atoms with E-state index >= 15 is 0 Å². The Bertz CT molecular complexity index is 527. The van der Waals surface area contributed by atoms with Crippen molar-refractivity contribution in [3.05, 3.63) is 41.8 Å². The van der Waals surface area contributed by atoms with Crippen LogP contribution in [0, 0.1) is 5.82 Å². The smallest absolute Gasteiger partial charge is 0.174 e. The van der Waals surface area contributed by atoms with Crippen LogP contribution in [-0.2, 0) is 0 Å².